The minimum absolute atomic E-state index is 0.108. The topological polar surface area (TPSA) is 61.4 Å². The van der Waals surface area contributed by atoms with Crippen LogP contribution in [0.2, 0.25) is 15.1 Å². The highest BCUT2D eigenvalue weighted by atomic mass is 35.5. The normalized spacial score (nSPS) is 15.1. The predicted octanol–water partition coefficient (Wildman–Crippen LogP) is 5.06. The van der Waals surface area contributed by atoms with Gasteiger partial charge in [-0.3, -0.25) is 9.59 Å². The zero-order valence-corrected chi connectivity index (χ0v) is 19.9. The van der Waals surface area contributed by atoms with E-state index < -0.39 is 0 Å². The SMILES string of the molecule is O=C(/C=C/c1ccc(Cl)c(Cl)c1)NC1CCN(CCCNC(=O)c2cccc(Cl)c2)CC1. The number of halogens is 3. The highest BCUT2D eigenvalue weighted by Gasteiger charge is 2.19. The van der Waals surface area contributed by atoms with Crippen LogP contribution in [0.5, 0.6) is 0 Å². The van der Waals surface area contributed by atoms with E-state index in [1.807, 2.05) is 6.07 Å². The van der Waals surface area contributed by atoms with Gasteiger partial charge in [-0.05, 0) is 67.8 Å². The van der Waals surface area contributed by atoms with Gasteiger partial charge in [0.15, 0.2) is 0 Å². The van der Waals surface area contributed by atoms with Crippen molar-refractivity contribution >= 4 is 52.7 Å². The molecule has 8 heteroatoms. The second-order valence-corrected chi connectivity index (χ2v) is 9.00. The van der Waals surface area contributed by atoms with Crippen molar-refractivity contribution in [2.24, 2.45) is 0 Å². The summed E-state index contributed by atoms with van der Waals surface area (Å²) in [5.74, 6) is -0.221. The molecule has 0 saturated carbocycles. The van der Waals surface area contributed by atoms with Crippen LogP contribution in [0.15, 0.2) is 48.5 Å². The Bertz CT molecular complexity index is 973. The average molecular weight is 495 g/mol. The van der Waals surface area contributed by atoms with Crippen LogP contribution in [0, 0.1) is 0 Å². The zero-order chi connectivity index (χ0) is 22.9. The summed E-state index contributed by atoms with van der Waals surface area (Å²) >= 11 is 17.8. The molecule has 1 saturated heterocycles. The Morgan fingerprint density at radius 3 is 2.53 bits per heavy atom. The van der Waals surface area contributed by atoms with E-state index in [1.54, 1.807) is 42.5 Å². The van der Waals surface area contributed by atoms with Crippen LogP contribution in [-0.2, 0) is 4.79 Å². The lowest BCUT2D eigenvalue weighted by molar-refractivity contribution is -0.117. The maximum atomic E-state index is 12.2. The Labute approximate surface area is 203 Å². The third-order valence-corrected chi connectivity index (χ3v) is 6.30. The van der Waals surface area contributed by atoms with E-state index in [4.69, 9.17) is 34.8 Å². The van der Waals surface area contributed by atoms with E-state index >= 15 is 0 Å². The molecule has 1 heterocycles. The number of amides is 2. The average Bonchev–Trinajstić information content (AvgIpc) is 2.78. The van der Waals surface area contributed by atoms with Crippen LogP contribution in [0.1, 0.15) is 35.2 Å². The number of likely N-dealkylation sites (tertiary alicyclic amines) is 1. The Hall–Kier alpha value is -2.05. The van der Waals surface area contributed by atoms with Crippen molar-refractivity contribution in [3.8, 4) is 0 Å². The van der Waals surface area contributed by atoms with Crippen molar-refractivity contribution < 1.29 is 9.59 Å². The molecule has 5 nitrogen and oxygen atoms in total. The molecular formula is C24H26Cl3N3O2. The number of hydrogen-bond acceptors (Lipinski definition) is 3. The first-order valence-electron chi connectivity index (χ1n) is 10.6. The molecule has 2 amide bonds. The third-order valence-electron chi connectivity index (χ3n) is 5.33. The van der Waals surface area contributed by atoms with Crippen LogP contribution in [0.25, 0.3) is 6.08 Å². The lowest BCUT2D eigenvalue weighted by Gasteiger charge is -2.32. The van der Waals surface area contributed by atoms with Gasteiger partial charge in [-0.2, -0.15) is 0 Å². The summed E-state index contributed by atoms with van der Waals surface area (Å²) in [6.07, 6.45) is 5.93. The molecule has 0 radical (unpaired) electrons. The number of piperidine rings is 1. The molecule has 3 rings (SSSR count). The van der Waals surface area contributed by atoms with E-state index in [-0.39, 0.29) is 17.9 Å². The van der Waals surface area contributed by atoms with Gasteiger partial charge in [0.25, 0.3) is 5.91 Å². The Morgan fingerprint density at radius 2 is 1.81 bits per heavy atom. The molecule has 32 heavy (non-hydrogen) atoms. The Kier molecular flexibility index (Phi) is 9.42. The van der Waals surface area contributed by atoms with Gasteiger partial charge in [-0.25, -0.2) is 0 Å². The van der Waals surface area contributed by atoms with Crippen LogP contribution in [0.3, 0.4) is 0 Å². The van der Waals surface area contributed by atoms with Crippen molar-refractivity contribution in [2.75, 3.05) is 26.2 Å². The number of nitrogens with zero attached hydrogens (tertiary/aromatic N) is 1. The maximum absolute atomic E-state index is 12.2. The van der Waals surface area contributed by atoms with Gasteiger partial charge in [0.2, 0.25) is 5.91 Å². The molecule has 2 N–H and O–H groups in total. The summed E-state index contributed by atoms with van der Waals surface area (Å²) in [5, 5.41) is 7.50. The molecule has 170 valence electrons. The number of hydrogen-bond donors (Lipinski definition) is 2. The molecule has 0 unspecified atom stereocenters. The van der Waals surface area contributed by atoms with Gasteiger partial charge >= 0.3 is 0 Å². The molecule has 1 aliphatic rings. The van der Waals surface area contributed by atoms with E-state index in [2.05, 4.69) is 15.5 Å². The van der Waals surface area contributed by atoms with Crippen molar-refractivity contribution in [1.29, 1.82) is 0 Å². The second-order valence-electron chi connectivity index (χ2n) is 7.75. The second kappa shape index (κ2) is 12.3. The van der Waals surface area contributed by atoms with E-state index in [9.17, 15) is 9.59 Å². The fraction of sp³-hybridized carbons (Fsp3) is 0.333. The fourth-order valence-electron chi connectivity index (χ4n) is 3.57. The molecule has 2 aromatic rings. The molecule has 0 spiro atoms. The first kappa shape index (κ1) is 24.6. The fourth-order valence-corrected chi connectivity index (χ4v) is 4.07. The van der Waals surface area contributed by atoms with Crippen LogP contribution >= 0.6 is 34.8 Å². The molecule has 0 aromatic heterocycles. The summed E-state index contributed by atoms with van der Waals surface area (Å²) in [5.41, 5.74) is 1.40. The van der Waals surface area contributed by atoms with E-state index in [0.29, 0.717) is 27.2 Å². The summed E-state index contributed by atoms with van der Waals surface area (Å²) in [6, 6.07) is 12.3. The number of rotatable bonds is 8. The Balaban J connectivity index is 1.31. The van der Waals surface area contributed by atoms with Crippen molar-refractivity contribution in [3.63, 3.8) is 0 Å². The minimum Gasteiger partial charge on any atom is -0.352 e. The molecule has 1 fully saturated rings. The monoisotopic (exact) mass is 493 g/mol. The molecule has 2 aromatic carbocycles. The maximum Gasteiger partial charge on any atom is 0.251 e. The van der Waals surface area contributed by atoms with Gasteiger partial charge in [-0.1, -0.05) is 46.9 Å². The molecular weight excluding hydrogens is 469 g/mol. The van der Waals surface area contributed by atoms with Gasteiger partial charge < -0.3 is 15.5 Å². The van der Waals surface area contributed by atoms with Crippen LogP contribution in [0.4, 0.5) is 0 Å². The number of carbonyl (C=O) groups excluding carboxylic acids is 2. The lowest BCUT2D eigenvalue weighted by atomic mass is 10.0. The molecule has 0 atom stereocenters. The van der Waals surface area contributed by atoms with E-state index in [1.165, 1.54) is 6.08 Å². The summed E-state index contributed by atoms with van der Waals surface area (Å²) < 4.78 is 0. The van der Waals surface area contributed by atoms with Gasteiger partial charge in [0.05, 0.1) is 10.0 Å². The number of carbonyl (C=O) groups is 2. The zero-order valence-electron chi connectivity index (χ0n) is 17.6. The van der Waals surface area contributed by atoms with Crippen molar-refractivity contribution in [1.82, 2.24) is 15.5 Å². The van der Waals surface area contributed by atoms with E-state index in [0.717, 1.165) is 44.5 Å². The van der Waals surface area contributed by atoms with Crippen LogP contribution < -0.4 is 10.6 Å². The Morgan fingerprint density at radius 1 is 1.03 bits per heavy atom. The van der Waals surface area contributed by atoms with Gasteiger partial charge in [0.1, 0.15) is 0 Å². The van der Waals surface area contributed by atoms with Gasteiger partial charge in [-0.15, -0.1) is 0 Å². The smallest absolute Gasteiger partial charge is 0.251 e. The molecule has 0 aliphatic carbocycles. The standard InChI is InChI=1S/C24H26Cl3N3O2/c25-19-4-1-3-18(16-19)24(32)28-11-2-12-30-13-9-20(10-14-30)29-23(31)8-6-17-5-7-21(26)22(27)15-17/h1,3-8,15-16,20H,2,9-14H2,(H,28,32)(H,29,31)/b8-6+. The molecule has 0 bridgehead atoms. The summed E-state index contributed by atoms with van der Waals surface area (Å²) in [4.78, 5) is 26.7. The highest BCUT2D eigenvalue weighted by Crippen LogP contribution is 2.23. The van der Waals surface area contributed by atoms with Crippen molar-refractivity contribution in [2.45, 2.75) is 25.3 Å². The van der Waals surface area contributed by atoms with Crippen LogP contribution in [-0.4, -0.2) is 48.9 Å². The first-order chi connectivity index (χ1) is 15.4. The highest BCUT2D eigenvalue weighted by molar-refractivity contribution is 6.42. The number of benzene rings is 2. The quantitative estimate of drug-likeness (QED) is 0.398. The summed E-state index contributed by atoms with van der Waals surface area (Å²) in [6.45, 7) is 3.36. The first-order valence-corrected chi connectivity index (χ1v) is 11.7. The van der Waals surface area contributed by atoms with Crippen molar-refractivity contribution in [3.05, 3.63) is 74.7 Å². The number of nitrogens with one attached hydrogen (secondary N) is 2. The van der Waals surface area contributed by atoms with Gasteiger partial charge in [0, 0.05) is 42.3 Å². The molecule has 1 aliphatic heterocycles. The predicted molar refractivity (Wildman–Crippen MR) is 132 cm³/mol. The minimum atomic E-state index is -0.113. The third kappa shape index (κ3) is 7.82. The largest absolute Gasteiger partial charge is 0.352 e. The lowest BCUT2D eigenvalue weighted by Crippen LogP contribution is -2.44. The summed E-state index contributed by atoms with van der Waals surface area (Å²) in [7, 11) is 0.